The molecule has 0 aromatic rings. The zero-order valence-corrected chi connectivity index (χ0v) is 8.55. The van der Waals surface area contributed by atoms with Crippen molar-refractivity contribution >= 4 is 10.0 Å². The van der Waals surface area contributed by atoms with Crippen LogP contribution in [0.15, 0.2) is 0 Å². The zero-order valence-electron chi connectivity index (χ0n) is 7.73. The minimum absolute atomic E-state index is 0.0417. The molecule has 0 rings (SSSR count). The smallest absolute Gasteiger partial charge is 0.212 e. The predicted octanol–water partition coefficient (Wildman–Crippen LogP) is -0.941. The maximum atomic E-state index is 11.2. The zero-order chi connectivity index (χ0) is 10.3. The number of aliphatic hydroxyl groups is 2. The number of nitrogens with one attached hydrogen (secondary N) is 1. The summed E-state index contributed by atoms with van der Waals surface area (Å²) in [5.74, 6) is 0.0417. The monoisotopic (exact) mass is 211 g/mol. The fourth-order valence-electron chi connectivity index (χ4n) is 0.779. The third kappa shape index (κ3) is 5.98. The molecule has 0 aromatic carbocycles. The van der Waals surface area contributed by atoms with Gasteiger partial charge >= 0.3 is 0 Å². The minimum Gasteiger partial charge on any atom is -0.395 e. The normalized spacial score (nSPS) is 12.3. The highest BCUT2D eigenvalue weighted by molar-refractivity contribution is 7.89. The molecule has 13 heavy (non-hydrogen) atoms. The van der Waals surface area contributed by atoms with E-state index in [0.717, 1.165) is 6.42 Å². The van der Waals surface area contributed by atoms with Gasteiger partial charge in [0.15, 0.2) is 0 Å². The Bertz CT molecular complexity index is 211. The van der Waals surface area contributed by atoms with Gasteiger partial charge in [-0.3, -0.25) is 0 Å². The van der Waals surface area contributed by atoms with Crippen molar-refractivity contribution in [1.82, 2.24) is 4.72 Å². The van der Waals surface area contributed by atoms with Gasteiger partial charge in [-0.25, -0.2) is 13.1 Å². The van der Waals surface area contributed by atoms with Crippen LogP contribution in [0.2, 0.25) is 0 Å². The van der Waals surface area contributed by atoms with E-state index >= 15 is 0 Å². The molecule has 0 atom stereocenters. The molecule has 0 saturated carbocycles. The van der Waals surface area contributed by atoms with Crippen molar-refractivity contribution in [2.45, 2.75) is 25.8 Å². The van der Waals surface area contributed by atoms with Gasteiger partial charge in [0.1, 0.15) is 0 Å². The van der Waals surface area contributed by atoms with E-state index in [0.29, 0.717) is 6.42 Å². The highest BCUT2D eigenvalue weighted by Gasteiger charge is 2.15. The Morgan fingerprint density at radius 2 is 1.85 bits per heavy atom. The molecule has 0 heterocycles. The molecule has 0 fully saturated rings. The highest BCUT2D eigenvalue weighted by atomic mass is 32.2. The lowest BCUT2D eigenvalue weighted by atomic mass is 10.4. The highest BCUT2D eigenvalue weighted by Crippen LogP contribution is 1.95. The van der Waals surface area contributed by atoms with Crippen molar-refractivity contribution in [2.24, 2.45) is 0 Å². The molecule has 0 spiro atoms. The average molecular weight is 211 g/mol. The van der Waals surface area contributed by atoms with Crippen LogP contribution < -0.4 is 4.72 Å². The molecule has 80 valence electrons. The van der Waals surface area contributed by atoms with Gasteiger partial charge in [-0.05, 0) is 6.42 Å². The maximum Gasteiger partial charge on any atom is 0.212 e. The van der Waals surface area contributed by atoms with Crippen molar-refractivity contribution in [1.29, 1.82) is 0 Å². The lowest BCUT2D eigenvalue weighted by Crippen LogP contribution is -2.41. The SMILES string of the molecule is CCCCS(=O)(=O)NC(CO)CO. The second kappa shape index (κ2) is 6.31. The fourth-order valence-corrected chi connectivity index (χ4v) is 2.22. The number of sulfonamides is 1. The van der Waals surface area contributed by atoms with Crippen LogP contribution in [0.1, 0.15) is 19.8 Å². The van der Waals surface area contributed by atoms with Gasteiger partial charge in [-0.2, -0.15) is 0 Å². The van der Waals surface area contributed by atoms with Gasteiger partial charge in [-0.1, -0.05) is 13.3 Å². The first-order chi connectivity index (χ1) is 6.05. The lowest BCUT2D eigenvalue weighted by Gasteiger charge is -2.13. The van der Waals surface area contributed by atoms with Crippen LogP contribution in [0.3, 0.4) is 0 Å². The molecule has 6 heteroatoms. The van der Waals surface area contributed by atoms with Gasteiger partial charge in [0.05, 0.1) is 25.0 Å². The molecule has 3 N–H and O–H groups in total. The number of unbranched alkanes of at least 4 members (excludes halogenated alkanes) is 1. The standard InChI is InChI=1S/C7H17NO4S/c1-2-3-4-13(11,12)8-7(5-9)6-10/h7-10H,2-6H2,1H3. The number of rotatable bonds is 7. The van der Waals surface area contributed by atoms with Crippen LogP contribution in [0, 0.1) is 0 Å². The van der Waals surface area contributed by atoms with Crippen LogP contribution in [-0.2, 0) is 10.0 Å². The molecule has 0 saturated heterocycles. The maximum absolute atomic E-state index is 11.2. The first-order valence-corrected chi connectivity index (χ1v) is 5.92. The van der Waals surface area contributed by atoms with Crippen LogP contribution in [0.5, 0.6) is 0 Å². The Kier molecular flexibility index (Phi) is 6.23. The van der Waals surface area contributed by atoms with Crippen molar-refractivity contribution in [2.75, 3.05) is 19.0 Å². The van der Waals surface area contributed by atoms with E-state index in [1.807, 2.05) is 6.92 Å². The quantitative estimate of drug-likeness (QED) is 0.507. The summed E-state index contributed by atoms with van der Waals surface area (Å²) in [6.45, 7) is 1.12. The summed E-state index contributed by atoms with van der Waals surface area (Å²) in [7, 11) is -3.34. The van der Waals surface area contributed by atoms with Crippen molar-refractivity contribution < 1.29 is 18.6 Å². The Morgan fingerprint density at radius 3 is 2.23 bits per heavy atom. The Balaban J connectivity index is 4.00. The second-order valence-corrected chi connectivity index (χ2v) is 4.73. The van der Waals surface area contributed by atoms with E-state index in [2.05, 4.69) is 4.72 Å². The summed E-state index contributed by atoms with van der Waals surface area (Å²) >= 11 is 0. The summed E-state index contributed by atoms with van der Waals surface area (Å²) in [5, 5.41) is 17.3. The molecule has 5 nitrogen and oxygen atoms in total. The Labute approximate surface area is 78.8 Å². The van der Waals surface area contributed by atoms with Crippen LogP contribution >= 0.6 is 0 Å². The van der Waals surface area contributed by atoms with E-state index in [9.17, 15) is 8.42 Å². The van der Waals surface area contributed by atoms with Crippen LogP contribution in [0.25, 0.3) is 0 Å². The average Bonchev–Trinajstić information content (AvgIpc) is 2.11. The lowest BCUT2D eigenvalue weighted by molar-refractivity contribution is 0.185. The molecule has 0 aromatic heterocycles. The van der Waals surface area contributed by atoms with E-state index in [-0.39, 0.29) is 19.0 Å². The van der Waals surface area contributed by atoms with Gasteiger partial charge < -0.3 is 10.2 Å². The minimum atomic E-state index is -3.34. The van der Waals surface area contributed by atoms with E-state index < -0.39 is 16.1 Å². The molecular weight excluding hydrogens is 194 g/mol. The topological polar surface area (TPSA) is 86.6 Å². The molecular formula is C7H17NO4S. The van der Waals surface area contributed by atoms with Crippen LogP contribution in [0.4, 0.5) is 0 Å². The molecule has 0 aliphatic carbocycles. The van der Waals surface area contributed by atoms with E-state index in [4.69, 9.17) is 10.2 Å². The third-order valence-corrected chi connectivity index (χ3v) is 3.07. The number of aliphatic hydroxyl groups excluding tert-OH is 2. The third-order valence-electron chi connectivity index (χ3n) is 1.55. The van der Waals surface area contributed by atoms with E-state index in [1.54, 1.807) is 0 Å². The largest absolute Gasteiger partial charge is 0.395 e. The summed E-state index contributed by atoms with van der Waals surface area (Å²) in [6, 6.07) is -0.776. The summed E-state index contributed by atoms with van der Waals surface area (Å²) in [5.41, 5.74) is 0. The number of hydrogen-bond acceptors (Lipinski definition) is 4. The van der Waals surface area contributed by atoms with Gasteiger partial charge in [-0.15, -0.1) is 0 Å². The predicted molar refractivity (Wildman–Crippen MR) is 49.8 cm³/mol. The summed E-state index contributed by atoms with van der Waals surface area (Å²) < 4.78 is 24.6. The Morgan fingerprint density at radius 1 is 1.31 bits per heavy atom. The first-order valence-electron chi connectivity index (χ1n) is 4.27. The van der Waals surface area contributed by atoms with Gasteiger partial charge in [0.2, 0.25) is 10.0 Å². The summed E-state index contributed by atoms with van der Waals surface area (Å²) in [6.07, 6.45) is 1.38. The molecule has 0 aliphatic heterocycles. The first kappa shape index (κ1) is 12.8. The number of hydrogen-bond donors (Lipinski definition) is 3. The molecule has 0 amide bonds. The van der Waals surface area contributed by atoms with Crippen LogP contribution in [-0.4, -0.2) is 43.6 Å². The molecule has 0 bridgehead atoms. The Hall–Kier alpha value is -0.170. The van der Waals surface area contributed by atoms with E-state index in [1.165, 1.54) is 0 Å². The second-order valence-electron chi connectivity index (χ2n) is 2.85. The summed E-state index contributed by atoms with van der Waals surface area (Å²) in [4.78, 5) is 0. The molecule has 0 radical (unpaired) electrons. The van der Waals surface area contributed by atoms with Crippen molar-refractivity contribution in [3.8, 4) is 0 Å². The molecule has 0 unspecified atom stereocenters. The van der Waals surface area contributed by atoms with Crippen molar-refractivity contribution in [3.05, 3.63) is 0 Å². The fraction of sp³-hybridized carbons (Fsp3) is 1.00. The van der Waals surface area contributed by atoms with Gasteiger partial charge in [0.25, 0.3) is 0 Å². The van der Waals surface area contributed by atoms with Gasteiger partial charge in [0, 0.05) is 0 Å². The van der Waals surface area contributed by atoms with Crippen molar-refractivity contribution in [3.63, 3.8) is 0 Å². The molecule has 0 aliphatic rings.